The van der Waals surface area contributed by atoms with Crippen LogP contribution in [0.1, 0.15) is 61.7 Å². The Balaban J connectivity index is 1.47. The smallest absolute Gasteiger partial charge is 0.261 e. The van der Waals surface area contributed by atoms with Crippen molar-refractivity contribution in [3.63, 3.8) is 0 Å². The number of imide groups is 1. The SMILES string of the molecule is CC(C)CN1C(=O)c2ccc(C(=O)N3CCCN(C(=O)c4ccccc4O)CC3)cc2C1=O. The number of hydrogen-bond acceptors (Lipinski definition) is 5. The van der Waals surface area contributed by atoms with Gasteiger partial charge in [0.2, 0.25) is 0 Å². The lowest BCUT2D eigenvalue weighted by atomic mass is 10.0. The minimum atomic E-state index is -0.367. The Hall–Kier alpha value is -3.68. The van der Waals surface area contributed by atoms with Crippen molar-refractivity contribution in [2.45, 2.75) is 20.3 Å². The lowest BCUT2D eigenvalue weighted by Gasteiger charge is -2.22. The topological polar surface area (TPSA) is 98.2 Å². The third-order valence-corrected chi connectivity index (χ3v) is 5.97. The molecule has 2 aliphatic heterocycles. The normalized spacial score (nSPS) is 16.3. The van der Waals surface area contributed by atoms with Crippen molar-refractivity contribution in [2.75, 3.05) is 32.7 Å². The largest absolute Gasteiger partial charge is 0.507 e. The molecule has 0 bridgehead atoms. The van der Waals surface area contributed by atoms with Gasteiger partial charge in [-0.25, -0.2) is 0 Å². The van der Waals surface area contributed by atoms with Gasteiger partial charge in [0.1, 0.15) is 5.75 Å². The summed E-state index contributed by atoms with van der Waals surface area (Å²) in [6.07, 6.45) is 0.593. The van der Waals surface area contributed by atoms with Crippen LogP contribution in [0, 0.1) is 5.92 Å². The Bertz CT molecular complexity index is 1130. The predicted octanol–water partition coefficient (Wildman–Crippen LogP) is 2.63. The van der Waals surface area contributed by atoms with Gasteiger partial charge < -0.3 is 14.9 Å². The summed E-state index contributed by atoms with van der Waals surface area (Å²) in [5, 5.41) is 9.99. The lowest BCUT2D eigenvalue weighted by Crippen LogP contribution is -2.37. The molecule has 1 fully saturated rings. The summed E-state index contributed by atoms with van der Waals surface area (Å²) in [7, 11) is 0. The van der Waals surface area contributed by atoms with Crippen LogP contribution < -0.4 is 0 Å². The van der Waals surface area contributed by atoms with E-state index in [4.69, 9.17) is 0 Å². The summed E-state index contributed by atoms with van der Waals surface area (Å²) in [6.45, 7) is 5.81. The first kappa shape index (κ1) is 22.5. The van der Waals surface area contributed by atoms with Crippen molar-refractivity contribution in [1.29, 1.82) is 0 Å². The van der Waals surface area contributed by atoms with Crippen LogP contribution in [0.15, 0.2) is 42.5 Å². The van der Waals surface area contributed by atoms with E-state index < -0.39 is 0 Å². The minimum Gasteiger partial charge on any atom is -0.507 e. The van der Waals surface area contributed by atoms with Crippen LogP contribution in [-0.2, 0) is 0 Å². The van der Waals surface area contributed by atoms with E-state index in [1.54, 1.807) is 40.1 Å². The first-order valence-corrected chi connectivity index (χ1v) is 11.1. The van der Waals surface area contributed by atoms with Gasteiger partial charge in [0.15, 0.2) is 0 Å². The second-order valence-corrected chi connectivity index (χ2v) is 8.83. The molecule has 33 heavy (non-hydrogen) atoms. The summed E-state index contributed by atoms with van der Waals surface area (Å²) in [5.74, 6) is -1.12. The molecule has 4 rings (SSSR count). The fourth-order valence-corrected chi connectivity index (χ4v) is 4.29. The molecule has 0 spiro atoms. The standard InChI is InChI=1S/C25H27N3O5/c1-16(2)15-28-24(32)18-9-8-17(14-20(18)25(28)33)22(30)26-10-5-11-27(13-12-26)23(31)19-6-3-4-7-21(19)29/h3-4,6-9,14,16,29H,5,10-13,15H2,1-2H3. The fourth-order valence-electron chi connectivity index (χ4n) is 4.29. The Labute approximate surface area is 192 Å². The van der Waals surface area contributed by atoms with Gasteiger partial charge in [-0.2, -0.15) is 0 Å². The molecule has 0 atom stereocenters. The highest BCUT2D eigenvalue weighted by Gasteiger charge is 2.36. The van der Waals surface area contributed by atoms with Crippen molar-refractivity contribution in [3.05, 3.63) is 64.7 Å². The van der Waals surface area contributed by atoms with Gasteiger partial charge in [-0.15, -0.1) is 0 Å². The van der Waals surface area contributed by atoms with E-state index in [9.17, 15) is 24.3 Å². The number of amides is 4. The summed E-state index contributed by atoms with van der Waals surface area (Å²) >= 11 is 0. The minimum absolute atomic E-state index is 0.0662. The fraction of sp³-hybridized carbons (Fsp3) is 0.360. The second kappa shape index (κ2) is 9.05. The first-order chi connectivity index (χ1) is 15.8. The average Bonchev–Trinajstić information content (AvgIpc) is 2.97. The van der Waals surface area contributed by atoms with Gasteiger partial charge in [0.25, 0.3) is 23.6 Å². The van der Waals surface area contributed by atoms with Crippen LogP contribution in [0.25, 0.3) is 0 Å². The zero-order valence-electron chi connectivity index (χ0n) is 18.8. The number of carbonyl (C=O) groups excluding carboxylic acids is 4. The van der Waals surface area contributed by atoms with Crippen molar-refractivity contribution in [2.24, 2.45) is 5.92 Å². The molecular weight excluding hydrogens is 422 g/mol. The number of aromatic hydroxyl groups is 1. The van der Waals surface area contributed by atoms with Crippen LogP contribution in [0.2, 0.25) is 0 Å². The molecule has 0 saturated carbocycles. The highest BCUT2D eigenvalue weighted by Crippen LogP contribution is 2.26. The summed E-state index contributed by atoms with van der Waals surface area (Å²) in [5.41, 5.74) is 1.18. The molecule has 2 aromatic carbocycles. The molecule has 2 aromatic rings. The highest BCUT2D eigenvalue weighted by atomic mass is 16.3. The van der Waals surface area contributed by atoms with E-state index in [0.29, 0.717) is 50.3 Å². The molecule has 0 aliphatic carbocycles. The zero-order valence-corrected chi connectivity index (χ0v) is 18.8. The van der Waals surface area contributed by atoms with Crippen molar-refractivity contribution < 1.29 is 24.3 Å². The quantitative estimate of drug-likeness (QED) is 0.724. The number of hydrogen-bond donors (Lipinski definition) is 1. The number of carbonyl (C=O) groups is 4. The maximum Gasteiger partial charge on any atom is 0.261 e. The number of phenolic OH excluding ortho intramolecular Hbond substituents is 1. The number of phenols is 1. The van der Waals surface area contributed by atoms with Gasteiger partial charge in [0.05, 0.1) is 16.7 Å². The first-order valence-electron chi connectivity index (χ1n) is 11.1. The average molecular weight is 450 g/mol. The lowest BCUT2D eigenvalue weighted by molar-refractivity contribution is 0.0635. The summed E-state index contributed by atoms with van der Waals surface area (Å²) < 4.78 is 0. The molecule has 8 nitrogen and oxygen atoms in total. The Morgan fingerprint density at radius 1 is 0.879 bits per heavy atom. The molecule has 2 aliphatic rings. The Morgan fingerprint density at radius 2 is 1.52 bits per heavy atom. The molecule has 0 aromatic heterocycles. The maximum atomic E-state index is 13.2. The van der Waals surface area contributed by atoms with E-state index in [-0.39, 0.29) is 46.4 Å². The van der Waals surface area contributed by atoms with E-state index >= 15 is 0 Å². The van der Waals surface area contributed by atoms with Crippen LogP contribution in [0.5, 0.6) is 5.75 Å². The monoisotopic (exact) mass is 449 g/mol. The number of benzene rings is 2. The van der Waals surface area contributed by atoms with Crippen molar-refractivity contribution in [3.8, 4) is 5.75 Å². The number of fused-ring (bicyclic) bond motifs is 1. The van der Waals surface area contributed by atoms with Gasteiger partial charge in [-0.3, -0.25) is 24.1 Å². The number of nitrogens with zero attached hydrogens (tertiary/aromatic N) is 3. The molecule has 172 valence electrons. The number of para-hydroxylation sites is 1. The summed E-state index contributed by atoms with van der Waals surface area (Å²) in [4.78, 5) is 55.8. The van der Waals surface area contributed by atoms with Crippen LogP contribution in [-0.4, -0.2) is 76.2 Å². The molecule has 4 amide bonds. The predicted molar refractivity (Wildman–Crippen MR) is 121 cm³/mol. The van der Waals surface area contributed by atoms with Crippen LogP contribution in [0.3, 0.4) is 0 Å². The van der Waals surface area contributed by atoms with Gasteiger partial charge in [0, 0.05) is 38.3 Å². The highest BCUT2D eigenvalue weighted by molar-refractivity contribution is 6.22. The van der Waals surface area contributed by atoms with E-state index in [1.165, 1.54) is 17.0 Å². The third kappa shape index (κ3) is 4.33. The molecule has 1 saturated heterocycles. The third-order valence-electron chi connectivity index (χ3n) is 5.97. The van der Waals surface area contributed by atoms with E-state index in [2.05, 4.69) is 0 Å². The molecule has 2 heterocycles. The van der Waals surface area contributed by atoms with Crippen molar-refractivity contribution >= 4 is 23.6 Å². The van der Waals surface area contributed by atoms with Crippen LogP contribution >= 0.6 is 0 Å². The second-order valence-electron chi connectivity index (χ2n) is 8.83. The van der Waals surface area contributed by atoms with Crippen molar-refractivity contribution in [1.82, 2.24) is 14.7 Å². The van der Waals surface area contributed by atoms with E-state index in [0.717, 1.165) is 0 Å². The molecular formula is C25H27N3O5. The zero-order chi connectivity index (χ0) is 23.7. The Morgan fingerprint density at radius 3 is 2.18 bits per heavy atom. The molecule has 0 radical (unpaired) electrons. The van der Waals surface area contributed by atoms with Gasteiger partial charge >= 0.3 is 0 Å². The van der Waals surface area contributed by atoms with Gasteiger partial charge in [-0.05, 0) is 42.7 Å². The van der Waals surface area contributed by atoms with Gasteiger partial charge in [-0.1, -0.05) is 26.0 Å². The molecule has 8 heteroatoms. The number of rotatable bonds is 4. The Kier molecular flexibility index (Phi) is 6.18. The maximum absolute atomic E-state index is 13.2. The summed E-state index contributed by atoms with van der Waals surface area (Å²) in [6, 6.07) is 11.1. The van der Waals surface area contributed by atoms with Crippen LogP contribution in [0.4, 0.5) is 0 Å². The molecule has 0 unspecified atom stereocenters. The van der Waals surface area contributed by atoms with E-state index in [1.807, 2.05) is 13.8 Å². The molecule has 1 N–H and O–H groups in total.